The van der Waals surface area contributed by atoms with Gasteiger partial charge in [-0.1, -0.05) is 34.5 Å². The molecule has 1 N–H and O–H groups in total. The first-order chi connectivity index (χ1) is 8.15. The third kappa shape index (κ3) is 2.51. The molecule has 0 unspecified atom stereocenters. The van der Waals surface area contributed by atoms with Crippen molar-refractivity contribution in [3.8, 4) is 0 Å². The van der Waals surface area contributed by atoms with Gasteiger partial charge in [0.1, 0.15) is 5.76 Å². The zero-order chi connectivity index (χ0) is 12.4. The van der Waals surface area contributed by atoms with Crippen molar-refractivity contribution in [3.63, 3.8) is 0 Å². The number of hydrogen-bond donors (Lipinski definition) is 1. The van der Waals surface area contributed by atoms with E-state index in [9.17, 15) is 0 Å². The highest BCUT2D eigenvalue weighted by atomic mass is 79.9. The lowest BCUT2D eigenvalue weighted by atomic mass is 10.1. The summed E-state index contributed by atoms with van der Waals surface area (Å²) in [6, 6.07) is 3.80. The Kier molecular flexibility index (Phi) is 4.13. The van der Waals surface area contributed by atoms with Gasteiger partial charge in [0.05, 0.1) is 11.6 Å². The Hall–Kier alpha value is -0.510. The van der Waals surface area contributed by atoms with Gasteiger partial charge in [0.15, 0.2) is 5.58 Å². The summed E-state index contributed by atoms with van der Waals surface area (Å²) in [7, 11) is 0. The van der Waals surface area contributed by atoms with Crippen LogP contribution in [0.4, 0.5) is 0 Å². The Labute approximate surface area is 114 Å². The maximum absolute atomic E-state index is 6.14. The van der Waals surface area contributed by atoms with E-state index in [1.54, 1.807) is 0 Å². The number of benzene rings is 1. The van der Waals surface area contributed by atoms with Crippen LogP contribution in [-0.4, -0.2) is 6.54 Å². The Morgan fingerprint density at radius 1 is 1.41 bits per heavy atom. The van der Waals surface area contributed by atoms with Crippen LogP contribution in [0.3, 0.4) is 0 Å². The minimum Gasteiger partial charge on any atom is -0.458 e. The average Bonchev–Trinajstić information content (AvgIpc) is 2.64. The van der Waals surface area contributed by atoms with Crippen molar-refractivity contribution in [1.82, 2.24) is 5.32 Å². The summed E-state index contributed by atoms with van der Waals surface area (Å²) in [4.78, 5) is 0. The van der Waals surface area contributed by atoms with Gasteiger partial charge < -0.3 is 9.73 Å². The molecule has 0 saturated heterocycles. The molecule has 0 saturated carbocycles. The molecule has 2 rings (SSSR count). The second-order valence-corrected chi connectivity index (χ2v) is 5.32. The smallest absolute Gasteiger partial charge is 0.154 e. The number of rotatable bonds is 4. The summed E-state index contributed by atoms with van der Waals surface area (Å²) in [5.74, 6) is 0.960. The van der Waals surface area contributed by atoms with Crippen LogP contribution >= 0.6 is 27.5 Å². The predicted octanol–water partition coefficient (Wildman–Crippen LogP) is 4.66. The molecular weight excluding hydrogens is 302 g/mol. The van der Waals surface area contributed by atoms with E-state index in [0.717, 1.165) is 46.3 Å². The van der Waals surface area contributed by atoms with Crippen LogP contribution in [0, 0.1) is 6.92 Å². The summed E-state index contributed by atoms with van der Waals surface area (Å²) in [5, 5.41) is 5.07. The largest absolute Gasteiger partial charge is 0.458 e. The van der Waals surface area contributed by atoms with E-state index in [0.29, 0.717) is 5.02 Å². The van der Waals surface area contributed by atoms with Gasteiger partial charge in [0.25, 0.3) is 0 Å². The van der Waals surface area contributed by atoms with Gasteiger partial charge in [-0.15, -0.1) is 0 Å². The number of nitrogens with one attached hydrogen (secondary N) is 1. The van der Waals surface area contributed by atoms with Crippen molar-refractivity contribution < 1.29 is 4.42 Å². The maximum Gasteiger partial charge on any atom is 0.154 e. The van der Waals surface area contributed by atoms with Crippen LogP contribution < -0.4 is 5.32 Å². The first-order valence-corrected chi connectivity index (χ1v) is 6.89. The molecule has 0 aliphatic carbocycles. The van der Waals surface area contributed by atoms with Gasteiger partial charge in [0, 0.05) is 15.4 Å². The van der Waals surface area contributed by atoms with E-state index in [1.807, 2.05) is 12.1 Å². The molecule has 92 valence electrons. The highest BCUT2D eigenvalue weighted by molar-refractivity contribution is 9.10. The normalized spacial score (nSPS) is 11.3. The first kappa shape index (κ1) is 12.9. The number of hydrogen-bond acceptors (Lipinski definition) is 2. The number of aryl methyl sites for hydroxylation is 1. The summed E-state index contributed by atoms with van der Waals surface area (Å²) in [6.45, 7) is 5.95. The average molecular weight is 317 g/mol. The van der Waals surface area contributed by atoms with Crippen LogP contribution in [0.1, 0.15) is 24.7 Å². The van der Waals surface area contributed by atoms with E-state index in [4.69, 9.17) is 16.0 Å². The fourth-order valence-electron chi connectivity index (χ4n) is 1.87. The van der Waals surface area contributed by atoms with Gasteiger partial charge >= 0.3 is 0 Å². The van der Waals surface area contributed by atoms with Crippen molar-refractivity contribution in [1.29, 1.82) is 0 Å². The summed E-state index contributed by atoms with van der Waals surface area (Å²) >= 11 is 9.68. The molecule has 0 amide bonds. The quantitative estimate of drug-likeness (QED) is 0.830. The molecule has 0 fully saturated rings. The minimum atomic E-state index is 0.660. The SMILES string of the molecule is CCCNCc1oc2c(Cl)ccc(Br)c2c1C. The summed E-state index contributed by atoms with van der Waals surface area (Å²) in [5.41, 5.74) is 1.92. The minimum absolute atomic E-state index is 0.660. The molecule has 0 radical (unpaired) electrons. The lowest BCUT2D eigenvalue weighted by Crippen LogP contribution is -2.13. The van der Waals surface area contributed by atoms with E-state index in [1.165, 1.54) is 0 Å². The third-order valence-electron chi connectivity index (χ3n) is 2.79. The van der Waals surface area contributed by atoms with Gasteiger partial charge in [0.2, 0.25) is 0 Å². The fourth-order valence-corrected chi connectivity index (χ4v) is 2.67. The molecule has 2 nitrogen and oxygen atoms in total. The second-order valence-electron chi connectivity index (χ2n) is 4.06. The zero-order valence-corrected chi connectivity index (χ0v) is 12.3. The first-order valence-electron chi connectivity index (χ1n) is 5.71. The molecule has 0 bridgehead atoms. The van der Waals surface area contributed by atoms with Gasteiger partial charge in [-0.05, 0) is 32.0 Å². The van der Waals surface area contributed by atoms with E-state index < -0.39 is 0 Å². The fraction of sp³-hybridized carbons (Fsp3) is 0.385. The Bertz CT molecular complexity index is 536. The Morgan fingerprint density at radius 2 is 2.18 bits per heavy atom. The van der Waals surface area contributed by atoms with Gasteiger partial charge in [-0.25, -0.2) is 0 Å². The second kappa shape index (κ2) is 5.42. The third-order valence-corrected chi connectivity index (χ3v) is 3.75. The van der Waals surface area contributed by atoms with Crippen molar-refractivity contribution in [2.45, 2.75) is 26.8 Å². The molecule has 0 aliphatic heterocycles. The molecule has 1 heterocycles. The molecular formula is C13H15BrClNO. The van der Waals surface area contributed by atoms with Gasteiger partial charge in [-0.2, -0.15) is 0 Å². The summed E-state index contributed by atoms with van der Waals surface area (Å²) < 4.78 is 6.86. The van der Waals surface area contributed by atoms with Crippen molar-refractivity contribution in [2.75, 3.05) is 6.54 Å². The molecule has 1 aromatic heterocycles. The van der Waals surface area contributed by atoms with Gasteiger partial charge in [-0.3, -0.25) is 0 Å². The van der Waals surface area contributed by atoms with E-state index in [2.05, 4.69) is 35.1 Å². The van der Waals surface area contributed by atoms with Crippen LogP contribution in [0.2, 0.25) is 5.02 Å². The summed E-state index contributed by atoms with van der Waals surface area (Å²) in [6.07, 6.45) is 1.11. The van der Waals surface area contributed by atoms with Crippen molar-refractivity contribution >= 4 is 38.5 Å². The lowest BCUT2D eigenvalue weighted by Gasteiger charge is -2.00. The Balaban J connectivity index is 2.42. The van der Waals surface area contributed by atoms with E-state index in [-0.39, 0.29) is 0 Å². The van der Waals surface area contributed by atoms with Crippen molar-refractivity contribution in [3.05, 3.63) is 33.0 Å². The molecule has 2 aromatic rings. The molecule has 1 aromatic carbocycles. The van der Waals surface area contributed by atoms with Crippen LogP contribution in [-0.2, 0) is 6.54 Å². The number of fused-ring (bicyclic) bond motifs is 1. The van der Waals surface area contributed by atoms with E-state index >= 15 is 0 Å². The number of halogens is 2. The zero-order valence-electron chi connectivity index (χ0n) is 9.94. The molecule has 0 spiro atoms. The highest BCUT2D eigenvalue weighted by Gasteiger charge is 2.15. The lowest BCUT2D eigenvalue weighted by molar-refractivity contribution is 0.510. The molecule has 0 aliphatic rings. The standard InChI is InChI=1S/C13H15BrClNO/c1-3-6-16-7-11-8(2)12-9(14)4-5-10(15)13(12)17-11/h4-5,16H,3,6-7H2,1-2H3. The van der Waals surface area contributed by atoms with Crippen LogP contribution in [0.25, 0.3) is 11.0 Å². The predicted molar refractivity (Wildman–Crippen MR) is 75.7 cm³/mol. The molecule has 4 heteroatoms. The van der Waals surface area contributed by atoms with Crippen LogP contribution in [0.5, 0.6) is 0 Å². The monoisotopic (exact) mass is 315 g/mol. The highest BCUT2D eigenvalue weighted by Crippen LogP contribution is 2.35. The molecule has 17 heavy (non-hydrogen) atoms. The van der Waals surface area contributed by atoms with Crippen molar-refractivity contribution in [2.24, 2.45) is 0 Å². The molecule has 0 atom stereocenters. The maximum atomic E-state index is 6.14. The number of furan rings is 1. The van der Waals surface area contributed by atoms with Crippen LogP contribution in [0.15, 0.2) is 21.0 Å². The topological polar surface area (TPSA) is 25.2 Å². The Morgan fingerprint density at radius 3 is 2.82 bits per heavy atom.